The van der Waals surface area contributed by atoms with Gasteiger partial charge in [0.1, 0.15) is 0 Å². The van der Waals surface area contributed by atoms with Crippen LogP contribution in [0.25, 0.3) is 0 Å². The quantitative estimate of drug-likeness (QED) is 0.812. The number of thioether (sulfide) groups is 1. The molecule has 90 valence electrons. The molecule has 0 radical (unpaired) electrons. The summed E-state index contributed by atoms with van der Waals surface area (Å²) in [6.45, 7) is 7.90. The summed E-state index contributed by atoms with van der Waals surface area (Å²) in [5.74, 6) is 0.565. The van der Waals surface area contributed by atoms with E-state index in [1.165, 1.54) is 5.56 Å². The van der Waals surface area contributed by atoms with Crippen molar-refractivity contribution < 1.29 is 0 Å². The third-order valence-electron chi connectivity index (χ3n) is 3.21. The van der Waals surface area contributed by atoms with Crippen molar-refractivity contribution in [1.29, 1.82) is 0 Å². The maximum absolute atomic E-state index is 3.61. The summed E-state index contributed by atoms with van der Waals surface area (Å²) in [6, 6.07) is 11.2. The standard InChI is InChI=1S/C14H23NS/c1-11(16-4)10-15-13(3)12(2)14-8-6-5-7-9-14/h5-9,11-13,15H,10H2,1-4H3. The zero-order chi connectivity index (χ0) is 12.0. The fraction of sp³-hybridized carbons (Fsp3) is 0.571. The average molecular weight is 237 g/mol. The van der Waals surface area contributed by atoms with Crippen LogP contribution >= 0.6 is 11.8 Å². The Morgan fingerprint density at radius 2 is 1.75 bits per heavy atom. The monoisotopic (exact) mass is 237 g/mol. The molecule has 0 heterocycles. The van der Waals surface area contributed by atoms with E-state index in [2.05, 4.69) is 62.7 Å². The summed E-state index contributed by atoms with van der Waals surface area (Å²) < 4.78 is 0. The van der Waals surface area contributed by atoms with Gasteiger partial charge in [-0.1, -0.05) is 44.2 Å². The summed E-state index contributed by atoms with van der Waals surface area (Å²) >= 11 is 1.91. The minimum absolute atomic E-state index is 0.525. The zero-order valence-electron chi connectivity index (χ0n) is 10.7. The van der Waals surface area contributed by atoms with Crippen LogP contribution in [-0.4, -0.2) is 24.1 Å². The van der Waals surface area contributed by atoms with Crippen molar-refractivity contribution >= 4 is 11.8 Å². The molecule has 0 fully saturated rings. The van der Waals surface area contributed by atoms with Gasteiger partial charge in [0.15, 0.2) is 0 Å². The molecule has 1 rings (SSSR count). The average Bonchev–Trinajstić information content (AvgIpc) is 2.35. The molecule has 0 aliphatic carbocycles. The first kappa shape index (κ1) is 13.6. The molecule has 0 aliphatic heterocycles. The number of nitrogens with one attached hydrogen (secondary N) is 1. The normalized spacial score (nSPS) is 16.8. The Morgan fingerprint density at radius 1 is 1.12 bits per heavy atom. The van der Waals surface area contributed by atoms with Gasteiger partial charge >= 0.3 is 0 Å². The second-order valence-corrected chi connectivity index (χ2v) is 5.72. The Kier molecular flexibility index (Phi) is 5.93. The second kappa shape index (κ2) is 6.97. The van der Waals surface area contributed by atoms with Gasteiger partial charge in [-0.05, 0) is 24.7 Å². The van der Waals surface area contributed by atoms with Crippen LogP contribution < -0.4 is 5.32 Å². The zero-order valence-corrected chi connectivity index (χ0v) is 11.6. The van der Waals surface area contributed by atoms with Gasteiger partial charge in [0, 0.05) is 17.8 Å². The highest BCUT2D eigenvalue weighted by atomic mass is 32.2. The van der Waals surface area contributed by atoms with Crippen LogP contribution in [0.1, 0.15) is 32.3 Å². The van der Waals surface area contributed by atoms with Crippen LogP contribution in [-0.2, 0) is 0 Å². The maximum Gasteiger partial charge on any atom is 0.0141 e. The molecule has 3 atom stereocenters. The van der Waals surface area contributed by atoms with Gasteiger partial charge in [-0.3, -0.25) is 0 Å². The molecule has 1 aromatic rings. The van der Waals surface area contributed by atoms with E-state index in [1.807, 2.05) is 11.8 Å². The Bertz CT molecular complexity index is 286. The molecule has 0 aromatic heterocycles. The van der Waals surface area contributed by atoms with Gasteiger partial charge in [0.25, 0.3) is 0 Å². The number of benzene rings is 1. The Morgan fingerprint density at radius 3 is 2.31 bits per heavy atom. The smallest absolute Gasteiger partial charge is 0.0141 e. The molecule has 2 heteroatoms. The lowest BCUT2D eigenvalue weighted by Gasteiger charge is -2.23. The van der Waals surface area contributed by atoms with Gasteiger partial charge in [-0.25, -0.2) is 0 Å². The Hall–Kier alpha value is -0.470. The molecule has 3 unspecified atom stereocenters. The molecule has 1 nitrogen and oxygen atoms in total. The van der Waals surface area contributed by atoms with Crippen LogP contribution in [0, 0.1) is 0 Å². The third-order valence-corrected chi connectivity index (χ3v) is 4.18. The summed E-state index contributed by atoms with van der Waals surface area (Å²) in [6.07, 6.45) is 2.16. The lowest BCUT2D eigenvalue weighted by molar-refractivity contribution is 0.484. The van der Waals surface area contributed by atoms with Crippen molar-refractivity contribution in [3.05, 3.63) is 35.9 Å². The molecule has 0 bridgehead atoms. The van der Waals surface area contributed by atoms with Gasteiger partial charge in [0.05, 0.1) is 0 Å². The van der Waals surface area contributed by atoms with Gasteiger partial charge in [-0.2, -0.15) is 11.8 Å². The summed E-state index contributed by atoms with van der Waals surface area (Å²) in [5.41, 5.74) is 1.42. The highest BCUT2D eigenvalue weighted by molar-refractivity contribution is 7.99. The molecular formula is C14H23NS. The van der Waals surface area contributed by atoms with Crippen molar-refractivity contribution in [2.24, 2.45) is 0 Å². The van der Waals surface area contributed by atoms with Gasteiger partial charge in [0.2, 0.25) is 0 Å². The van der Waals surface area contributed by atoms with E-state index in [0.29, 0.717) is 17.2 Å². The van der Waals surface area contributed by atoms with Crippen LogP contribution in [0.15, 0.2) is 30.3 Å². The number of rotatable bonds is 6. The van der Waals surface area contributed by atoms with Crippen molar-refractivity contribution in [1.82, 2.24) is 5.32 Å². The largest absolute Gasteiger partial charge is 0.313 e. The van der Waals surface area contributed by atoms with E-state index in [9.17, 15) is 0 Å². The van der Waals surface area contributed by atoms with Crippen molar-refractivity contribution in [3.8, 4) is 0 Å². The predicted molar refractivity (Wildman–Crippen MR) is 75.3 cm³/mol. The molecule has 1 N–H and O–H groups in total. The molecule has 1 aromatic carbocycles. The number of hydrogen-bond acceptors (Lipinski definition) is 2. The van der Waals surface area contributed by atoms with E-state index < -0.39 is 0 Å². The van der Waals surface area contributed by atoms with E-state index in [-0.39, 0.29) is 0 Å². The molecule has 0 saturated carbocycles. The van der Waals surface area contributed by atoms with E-state index >= 15 is 0 Å². The third kappa shape index (κ3) is 4.18. The highest BCUT2D eigenvalue weighted by Gasteiger charge is 2.13. The Labute approximate surface area is 104 Å². The maximum atomic E-state index is 3.61. The lowest BCUT2D eigenvalue weighted by Crippen LogP contribution is -2.35. The lowest BCUT2D eigenvalue weighted by atomic mass is 9.94. The highest BCUT2D eigenvalue weighted by Crippen LogP contribution is 2.18. The first-order valence-electron chi connectivity index (χ1n) is 5.96. The molecular weight excluding hydrogens is 214 g/mol. The summed E-state index contributed by atoms with van der Waals surface area (Å²) in [4.78, 5) is 0. The van der Waals surface area contributed by atoms with E-state index in [1.54, 1.807) is 0 Å². The van der Waals surface area contributed by atoms with Crippen LogP contribution in [0.4, 0.5) is 0 Å². The predicted octanol–water partition coefficient (Wildman–Crippen LogP) is 3.52. The molecule has 0 spiro atoms. The fourth-order valence-corrected chi connectivity index (χ4v) is 1.92. The minimum Gasteiger partial charge on any atom is -0.313 e. The van der Waals surface area contributed by atoms with Crippen molar-refractivity contribution in [3.63, 3.8) is 0 Å². The van der Waals surface area contributed by atoms with Crippen LogP contribution in [0.3, 0.4) is 0 Å². The second-order valence-electron chi connectivity index (χ2n) is 4.44. The summed E-state index contributed by atoms with van der Waals surface area (Å²) in [7, 11) is 0. The van der Waals surface area contributed by atoms with Gasteiger partial charge in [-0.15, -0.1) is 0 Å². The van der Waals surface area contributed by atoms with E-state index in [4.69, 9.17) is 0 Å². The first-order chi connectivity index (χ1) is 7.65. The topological polar surface area (TPSA) is 12.0 Å². The van der Waals surface area contributed by atoms with Crippen LogP contribution in [0.2, 0.25) is 0 Å². The Balaban J connectivity index is 2.45. The summed E-state index contributed by atoms with van der Waals surface area (Å²) in [5, 5.41) is 4.30. The van der Waals surface area contributed by atoms with E-state index in [0.717, 1.165) is 6.54 Å². The van der Waals surface area contributed by atoms with Crippen molar-refractivity contribution in [2.45, 2.75) is 38.0 Å². The molecule has 0 amide bonds. The molecule has 0 saturated heterocycles. The molecule has 16 heavy (non-hydrogen) atoms. The van der Waals surface area contributed by atoms with Crippen molar-refractivity contribution in [2.75, 3.05) is 12.8 Å². The van der Waals surface area contributed by atoms with Crippen LogP contribution in [0.5, 0.6) is 0 Å². The minimum atomic E-state index is 0.525. The SMILES string of the molecule is CSC(C)CNC(C)C(C)c1ccccc1. The fourth-order valence-electron chi connectivity index (χ4n) is 1.66. The molecule has 0 aliphatic rings. The first-order valence-corrected chi connectivity index (χ1v) is 7.25. The number of hydrogen-bond donors (Lipinski definition) is 1. The van der Waals surface area contributed by atoms with Gasteiger partial charge < -0.3 is 5.32 Å².